The van der Waals surface area contributed by atoms with Gasteiger partial charge in [0.05, 0.1) is 60.5 Å². The molecular formula is C53H67N9O8S. The van der Waals surface area contributed by atoms with Crippen LogP contribution >= 0.6 is 11.3 Å². The summed E-state index contributed by atoms with van der Waals surface area (Å²) < 4.78 is 27.0. The zero-order chi connectivity index (χ0) is 49.2. The highest BCUT2D eigenvalue weighted by Gasteiger charge is 2.53. The van der Waals surface area contributed by atoms with Crippen molar-refractivity contribution in [3.63, 3.8) is 0 Å². The Morgan fingerprint density at radius 2 is 1.86 bits per heavy atom. The summed E-state index contributed by atoms with van der Waals surface area (Å²) in [6.07, 6.45) is 7.58. The number of nitrogens with zero attached hydrogens (tertiary/aromatic N) is 7. The van der Waals surface area contributed by atoms with E-state index in [9.17, 15) is 24.8 Å². The van der Waals surface area contributed by atoms with Crippen LogP contribution in [0.15, 0.2) is 35.8 Å². The van der Waals surface area contributed by atoms with Gasteiger partial charge in [0.2, 0.25) is 5.91 Å². The van der Waals surface area contributed by atoms with Gasteiger partial charge in [-0.15, -0.1) is 11.3 Å². The molecule has 12 rings (SSSR count). The molecule has 4 aromatic rings. The van der Waals surface area contributed by atoms with Crippen molar-refractivity contribution in [3.05, 3.63) is 52.1 Å². The predicted octanol–water partition coefficient (Wildman–Crippen LogP) is 5.85. The predicted molar refractivity (Wildman–Crippen MR) is 266 cm³/mol. The molecule has 18 heteroatoms. The van der Waals surface area contributed by atoms with Gasteiger partial charge < -0.3 is 38.8 Å². The first-order valence-electron chi connectivity index (χ1n) is 25.8. The molecule has 1 aromatic carbocycles. The third-order valence-electron chi connectivity index (χ3n) is 16.5. The van der Waals surface area contributed by atoms with Gasteiger partial charge in [-0.3, -0.25) is 29.3 Å². The van der Waals surface area contributed by atoms with E-state index in [1.807, 2.05) is 24.6 Å². The molecular weight excluding hydrogens is 923 g/mol. The van der Waals surface area contributed by atoms with Crippen LogP contribution in [-0.4, -0.2) is 137 Å². The number of hydrogen-bond donors (Lipinski definition) is 3. The Balaban J connectivity index is 1.04. The van der Waals surface area contributed by atoms with Crippen molar-refractivity contribution in [2.24, 2.45) is 16.7 Å². The Hall–Kier alpha value is -5.00. The summed E-state index contributed by atoms with van der Waals surface area (Å²) in [5.74, 6) is -1.71. The second kappa shape index (κ2) is 19.4. The smallest absolute Gasteiger partial charge is 0.325 e. The van der Waals surface area contributed by atoms with Gasteiger partial charge in [0.25, 0.3) is 5.91 Å². The Bertz CT molecular complexity index is 2710. The molecule has 2 amide bonds. The van der Waals surface area contributed by atoms with Crippen molar-refractivity contribution in [2.75, 3.05) is 64.6 Å². The molecule has 71 heavy (non-hydrogen) atoms. The van der Waals surface area contributed by atoms with Crippen LogP contribution in [-0.2, 0) is 46.3 Å². The van der Waals surface area contributed by atoms with Crippen molar-refractivity contribution < 1.29 is 38.4 Å². The number of carbonyl (C=O) groups excluding carboxylic acids is 3. The average molecular weight is 990 g/mol. The van der Waals surface area contributed by atoms with Crippen LogP contribution in [0.5, 0.6) is 0 Å². The summed E-state index contributed by atoms with van der Waals surface area (Å²) in [6.45, 7) is 12.6. The van der Waals surface area contributed by atoms with E-state index in [1.165, 1.54) is 29.2 Å². The molecule has 0 unspecified atom stereocenters. The zero-order valence-corrected chi connectivity index (χ0v) is 42.2. The molecule has 8 heterocycles. The highest BCUT2D eigenvalue weighted by atomic mass is 32.1. The molecule has 3 N–H and O–H groups in total. The van der Waals surface area contributed by atoms with Crippen LogP contribution < -0.4 is 15.6 Å². The summed E-state index contributed by atoms with van der Waals surface area (Å²) in [7, 11) is 1.72. The van der Waals surface area contributed by atoms with Crippen LogP contribution in [0.3, 0.4) is 0 Å². The molecule has 4 atom stereocenters. The lowest BCUT2D eigenvalue weighted by molar-refractivity contribution is -0.172. The molecule has 0 radical (unpaired) electrons. The first-order valence-corrected chi connectivity index (χ1v) is 26.7. The lowest BCUT2D eigenvalue weighted by Crippen LogP contribution is -2.72. The van der Waals surface area contributed by atoms with E-state index in [0.717, 1.165) is 83.7 Å². The molecule has 378 valence electrons. The fourth-order valence-corrected chi connectivity index (χ4v) is 12.5. The van der Waals surface area contributed by atoms with Crippen LogP contribution in [0.25, 0.3) is 33.4 Å². The van der Waals surface area contributed by atoms with Gasteiger partial charge in [0.1, 0.15) is 28.6 Å². The van der Waals surface area contributed by atoms with Gasteiger partial charge in [-0.1, -0.05) is 19.9 Å². The minimum Gasteiger partial charge on any atom is -0.464 e. The van der Waals surface area contributed by atoms with Crippen LogP contribution in [0.1, 0.15) is 107 Å². The van der Waals surface area contributed by atoms with Gasteiger partial charge >= 0.3 is 5.97 Å². The number of aromatic nitrogens is 3. The summed E-state index contributed by atoms with van der Waals surface area (Å²) in [6, 6.07) is 8.96. The normalized spacial score (nSPS) is 27.2. The van der Waals surface area contributed by atoms with Crippen LogP contribution in [0.2, 0.25) is 0 Å². The number of nitrogens with one attached hydrogen (secondary N) is 2. The van der Waals surface area contributed by atoms with Crippen molar-refractivity contribution in [1.29, 1.82) is 5.26 Å². The second-order valence-electron chi connectivity index (χ2n) is 21.8. The lowest BCUT2D eigenvalue weighted by Gasteiger charge is -2.53. The van der Waals surface area contributed by atoms with E-state index in [1.54, 1.807) is 7.11 Å². The highest BCUT2D eigenvalue weighted by molar-refractivity contribution is 7.10. The summed E-state index contributed by atoms with van der Waals surface area (Å²) in [5.41, 5.74) is 8.63. The van der Waals surface area contributed by atoms with E-state index in [0.29, 0.717) is 76.6 Å². The SMILES string of the molecule is CO[C@@H](C)c1ncc(N2CCN(C3CC3)CC2)cc1-c1c2c3cc(ccc3n1CCOC1CCOCC1)-c1csc(n1)[C@@H](O)[C@H](NC(=O)C1(C#N)CCC1)C(=O)N1N[C@H](C(=O)OCC(C)(C)C2)C2CC1C2. The Labute approximate surface area is 419 Å². The number of hydrazine groups is 1. The number of ether oxygens (including phenoxy) is 4. The first kappa shape index (κ1) is 48.3. The number of amides is 2. The number of fused-ring (bicyclic) bond motifs is 4. The van der Waals surface area contributed by atoms with E-state index in [4.69, 9.17) is 28.9 Å². The van der Waals surface area contributed by atoms with Gasteiger partial charge in [0, 0.05) is 98.0 Å². The number of carbonyl (C=O) groups is 3. The maximum atomic E-state index is 14.7. The molecule has 17 nitrogen and oxygen atoms in total. The number of piperazine rings is 1. The molecule has 8 bridgehead atoms. The molecule has 0 spiro atoms. The largest absolute Gasteiger partial charge is 0.464 e. The number of cyclic esters (lactones) is 1. The fraction of sp³-hybridized carbons (Fsp3) is 0.623. The van der Waals surface area contributed by atoms with E-state index in [2.05, 4.69) is 63.2 Å². The number of anilines is 1. The Morgan fingerprint density at radius 3 is 2.56 bits per heavy atom. The third-order valence-corrected chi connectivity index (χ3v) is 17.4. The molecule has 4 saturated heterocycles. The molecule has 7 fully saturated rings. The number of aliphatic hydroxyl groups is 1. The monoisotopic (exact) mass is 989 g/mol. The van der Waals surface area contributed by atoms with Crippen molar-refractivity contribution in [2.45, 2.75) is 134 Å². The number of pyridine rings is 1. The zero-order valence-electron chi connectivity index (χ0n) is 41.4. The lowest BCUT2D eigenvalue weighted by atomic mass is 9.69. The van der Waals surface area contributed by atoms with E-state index < -0.39 is 46.8 Å². The first-order chi connectivity index (χ1) is 34.3. The van der Waals surface area contributed by atoms with Gasteiger partial charge in [-0.05, 0) is 101 Å². The van der Waals surface area contributed by atoms with E-state index >= 15 is 0 Å². The highest BCUT2D eigenvalue weighted by Crippen LogP contribution is 2.46. The number of nitriles is 1. The number of esters is 1. The van der Waals surface area contributed by atoms with Crippen molar-refractivity contribution in [3.8, 4) is 28.6 Å². The summed E-state index contributed by atoms with van der Waals surface area (Å²) in [4.78, 5) is 58.1. The Morgan fingerprint density at radius 1 is 1.08 bits per heavy atom. The second-order valence-corrected chi connectivity index (χ2v) is 22.7. The number of benzene rings is 1. The van der Waals surface area contributed by atoms with Crippen molar-refractivity contribution in [1.82, 2.24) is 35.2 Å². The maximum Gasteiger partial charge on any atom is 0.325 e. The minimum atomic E-state index is -1.55. The molecule has 3 saturated carbocycles. The molecule has 5 aliphatic heterocycles. The van der Waals surface area contributed by atoms with Gasteiger partial charge in [-0.2, -0.15) is 5.26 Å². The number of rotatable bonds is 11. The number of thiazole rings is 1. The van der Waals surface area contributed by atoms with Crippen molar-refractivity contribution >= 4 is 45.7 Å². The number of methoxy groups -OCH3 is 1. The van der Waals surface area contributed by atoms with E-state index in [-0.39, 0.29) is 35.8 Å². The quantitative estimate of drug-likeness (QED) is 0.152. The molecule has 8 aliphatic rings. The molecule has 3 aromatic heterocycles. The van der Waals surface area contributed by atoms with Gasteiger partial charge in [-0.25, -0.2) is 10.4 Å². The fourth-order valence-electron chi connectivity index (χ4n) is 11.7. The summed E-state index contributed by atoms with van der Waals surface area (Å²) >= 11 is 1.21. The third kappa shape index (κ3) is 9.25. The summed E-state index contributed by atoms with van der Waals surface area (Å²) in [5, 5.41) is 29.6. The standard InChI is InChI=1S/C53H67N9O8S/c1-31(67-4)43-39(25-36(27-55-43)60-16-14-59(15-17-60)34-7-8-34)46-40-26-52(2,3)30-70-50(65)44-33-22-35(23-33)62(58-44)49(64)45(57-51(66)53(29-54)12-5-13-53)47(63)48-56-41(28-71-48)32-6-9-42(38(40)24-32)61(46)18-21-69-37-10-19-68-20-11-37/h6,9,24-25,27-28,31,33-35,37,44-45,47,58,63H,5,7-8,10-23,26,30H2,1-4H3,(H,57,66)/t31-,33?,35?,44-,45-,47-/m0/s1. The Kier molecular flexibility index (Phi) is 13.2. The molecule has 3 aliphatic carbocycles. The topological polar surface area (TPSA) is 197 Å². The van der Waals surface area contributed by atoms with Gasteiger partial charge in [0.15, 0.2) is 0 Å². The van der Waals surface area contributed by atoms with Crippen LogP contribution in [0.4, 0.5) is 5.69 Å². The number of aliphatic hydroxyl groups excluding tert-OH is 1. The maximum absolute atomic E-state index is 14.7. The van der Waals surface area contributed by atoms with Crippen LogP contribution in [0, 0.1) is 28.1 Å². The average Bonchev–Trinajstić information content (AvgIpc) is 4.02. The minimum absolute atomic E-state index is 0.0504. The number of hydrogen-bond acceptors (Lipinski definition) is 15.